The Labute approximate surface area is 132 Å². The van der Waals surface area contributed by atoms with Crippen LogP contribution in [0.1, 0.15) is 90.9 Å². The zero-order valence-corrected chi connectivity index (χ0v) is 14.4. The molecule has 3 nitrogen and oxygen atoms in total. The van der Waals surface area contributed by atoms with E-state index >= 15 is 0 Å². The van der Waals surface area contributed by atoms with Crippen LogP contribution in [0.25, 0.3) is 0 Å². The van der Waals surface area contributed by atoms with E-state index in [0.717, 1.165) is 38.5 Å². The van der Waals surface area contributed by atoms with Gasteiger partial charge in [-0.05, 0) is 32.2 Å². The minimum atomic E-state index is -0.269. The third kappa shape index (κ3) is 10.9. The van der Waals surface area contributed by atoms with Crippen molar-refractivity contribution in [1.29, 1.82) is 0 Å². The highest BCUT2D eigenvalue weighted by molar-refractivity contribution is 5.86. The molecular formula is C18H38N2O. The van der Waals surface area contributed by atoms with Crippen molar-refractivity contribution in [3.63, 3.8) is 0 Å². The fourth-order valence-corrected chi connectivity index (χ4v) is 2.84. The van der Waals surface area contributed by atoms with Crippen LogP contribution in [0.5, 0.6) is 0 Å². The van der Waals surface area contributed by atoms with Gasteiger partial charge in [-0.1, -0.05) is 65.2 Å². The smallest absolute Gasteiger partial charge is 0.152 e. The maximum absolute atomic E-state index is 12.5. The lowest BCUT2D eigenvalue weighted by Gasteiger charge is -2.20. The summed E-state index contributed by atoms with van der Waals surface area (Å²) in [5, 5.41) is 0. The maximum atomic E-state index is 12.5. The summed E-state index contributed by atoms with van der Waals surface area (Å²) in [5.41, 5.74) is 11.6. The fraction of sp³-hybridized carbons (Fsp3) is 0.944. The Balaban J connectivity index is 4.21. The highest BCUT2D eigenvalue weighted by atomic mass is 16.1. The molecule has 0 rings (SSSR count). The molecule has 4 N–H and O–H groups in total. The van der Waals surface area contributed by atoms with E-state index in [4.69, 9.17) is 11.5 Å². The first kappa shape index (κ1) is 20.6. The van der Waals surface area contributed by atoms with Gasteiger partial charge in [0.25, 0.3) is 0 Å². The minimum Gasteiger partial charge on any atom is -0.330 e. The van der Waals surface area contributed by atoms with Crippen LogP contribution in [0.2, 0.25) is 0 Å². The van der Waals surface area contributed by atoms with E-state index < -0.39 is 0 Å². The second kappa shape index (κ2) is 14.5. The number of nitrogens with two attached hydrogens (primary N) is 2. The second-order valence-electron chi connectivity index (χ2n) is 6.34. The van der Waals surface area contributed by atoms with Crippen LogP contribution in [-0.4, -0.2) is 18.4 Å². The molecule has 0 aromatic rings. The van der Waals surface area contributed by atoms with Crippen molar-refractivity contribution in [3.05, 3.63) is 0 Å². The molecule has 126 valence electrons. The van der Waals surface area contributed by atoms with E-state index in [2.05, 4.69) is 13.8 Å². The van der Waals surface area contributed by atoms with E-state index in [9.17, 15) is 4.79 Å². The molecule has 0 aliphatic heterocycles. The van der Waals surface area contributed by atoms with Crippen LogP contribution >= 0.6 is 0 Å². The second-order valence-corrected chi connectivity index (χ2v) is 6.34. The Kier molecular flexibility index (Phi) is 14.2. The zero-order chi connectivity index (χ0) is 15.9. The summed E-state index contributed by atoms with van der Waals surface area (Å²) in [6.45, 7) is 5.12. The topological polar surface area (TPSA) is 69.1 Å². The predicted molar refractivity (Wildman–Crippen MR) is 92.3 cm³/mol. The first-order chi connectivity index (χ1) is 10.2. The summed E-state index contributed by atoms with van der Waals surface area (Å²) in [6.07, 6.45) is 13.3. The molecule has 0 amide bonds. The number of ketones is 1. The number of carbonyl (C=O) groups is 1. The van der Waals surface area contributed by atoms with Crippen LogP contribution in [-0.2, 0) is 4.79 Å². The van der Waals surface area contributed by atoms with Gasteiger partial charge in [-0.3, -0.25) is 4.79 Å². The van der Waals surface area contributed by atoms with Gasteiger partial charge >= 0.3 is 0 Å². The Morgan fingerprint density at radius 3 is 1.90 bits per heavy atom. The Bertz CT molecular complexity index is 243. The average molecular weight is 299 g/mol. The number of hydrogen-bond acceptors (Lipinski definition) is 3. The Morgan fingerprint density at radius 1 is 0.810 bits per heavy atom. The van der Waals surface area contributed by atoms with Gasteiger partial charge in [-0.2, -0.15) is 0 Å². The van der Waals surface area contributed by atoms with Crippen LogP contribution in [0.15, 0.2) is 0 Å². The average Bonchev–Trinajstić information content (AvgIpc) is 2.49. The summed E-state index contributed by atoms with van der Waals surface area (Å²) in [4.78, 5) is 12.5. The van der Waals surface area contributed by atoms with Crippen LogP contribution in [0.4, 0.5) is 0 Å². The van der Waals surface area contributed by atoms with Crippen molar-refractivity contribution in [3.8, 4) is 0 Å². The summed E-state index contributed by atoms with van der Waals surface area (Å²) < 4.78 is 0. The van der Waals surface area contributed by atoms with Gasteiger partial charge in [0.15, 0.2) is 5.78 Å². The van der Waals surface area contributed by atoms with Crippen molar-refractivity contribution >= 4 is 5.78 Å². The monoisotopic (exact) mass is 298 g/mol. The van der Waals surface area contributed by atoms with Crippen molar-refractivity contribution in [1.82, 2.24) is 0 Å². The molecule has 0 fully saturated rings. The predicted octanol–water partition coefficient (Wildman–Crippen LogP) is 4.18. The number of carbonyl (C=O) groups excluding carboxylic acids is 1. The molecule has 0 bridgehead atoms. The zero-order valence-electron chi connectivity index (χ0n) is 14.4. The van der Waals surface area contributed by atoms with Gasteiger partial charge in [-0.15, -0.1) is 0 Å². The van der Waals surface area contributed by atoms with E-state index in [0.29, 0.717) is 12.3 Å². The first-order valence-electron chi connectivity index (χ1n) is 9.16. The Morgan fingerprint density at radius 2 is 1.33 bits per heavy atom. The van der Waals surface area contributed by atoms with Crippen LogP contribution in [0, 0.1) is 5.92 Å². The van der Waals surface area contributed by atoms with Crippen molar-refractivity contribution in [2.45, 2.75) is 96.9 Å². The molecule has 0 radical (unpaired) electrons. The standard InChI is InChI=1S/C18H38N2O/c1-3-5-7-9-13-16(12-8-6-4-2)18(21)17(20)14-10-11-15-19/h16-17H,3-15,19-20H2,1-2H3. The lowest BCUT2D eigenvalue weighted by Crippen LogP contribution is -2.35. The van der Waals surface area contributed by atoms with Gasteiger partial charge < -0.3 is 11.5 Å². The molecule has 0 saturated carbocycles. The largest absolute Gasteiger partial charge is 0.330 e. The van der Waals surface area contributed by atoms with Crippen LogP contribution < -0.4 is 11.5 Å². The number of Topliss-reactive ketones (excluding diaryl/α,β-unsaturated/α-hetero) is 1. The third-order valence-corrected chi connectivity index (χ3v) is 4.30. The van der Waals surface area contributed by atoms with Gasteiger partial charge in [0, 0.05) is 5.92 Å². The molecule has 0 aromatic carbocycles. The number of rotatable bonds is 15. The van der Waals surface area contributed by atoms with E-state index in [-0.39, 0.29) is 12.0 Å². The van der Waals surface area contributed by atoms with Gasteiger partial charge in [0.1, 0.15) is 0 Å². The van der Waals surface area contributed by atoms with E-state index in [1.807, 2.05) is 0 Å². The summed E-state index contributed by atoms with van der Waals surface area (Å²) >= 11 is 0. The van der Waals surface area contributed by atoms with Gasteiger partial charge in [0.05, 0.1) is 6.04 Å². The highest BCUT2D eigenvalue weighted by Crippen LogP contribution is 2.21. The van der Waals surface area contributed by atoms with E-state index in [1.165, 1.54) is 38.5 Å². The molecule has 0 aliphatic carbocycles. The Hall–Kier alpha value is -0.410. The fourth-order valence-electron chi connectivity index (χ4n) is 2.84. The summed E-state index contributed by atoms with van der Waals surface area (Å²) in [5.74, 6) is 0.501. The van der Waals surface area contributed by atoms with Gasteiger partial charge in [-0.25, -0.2) is 0 Å². The highest BCUT2D eigenvalue weighted by Gasteiger charge is 2.23. The molecule has 0 spiro atoms. The minimum absolute atomic E-state index is 0.196. The number of hydrogen-bond donors (Lipinski definition) is 2. The normalized spacial score (nSPS) is 14.1. The molecule has 2 unspecified atom stereocenters. The van der Waals surface area contributed by atoms with Crippen molar-refractivity contribution in [2.75, 3.05) is 6.54 Å². The first-order valence-corrected chi connectivity index (χ1v) is 9.16. The molecule has 3 heteroatoms. The lowest BCUT2D eigenvalue weighted by molar-refractivity contribution is -0.124. The summed E-state index contributed by atoms with van der Waals surface area (Å²) in [7, 11) is 0. The number of unbranched alkanes of at least 4 members (excludes halogenated alkanes) is 6. The molecule has 0 saturated heterocycles. The quantitative estimate of drug-likeness (QED) is 0.446. The molecular weight excluding hydrogens is 260 g/mol. The van der Waals surface area contributed by atoms with Crippen molar-refractivity contribution in [2.24, 2.45) is 17.4 Å². The lowest BCUT2D eigenvalue weighted by atomic mass is 9.86. The molecule has 0 heterocycles. The third-order valence-electron chi connectivity index (χ3n) is 4.30. The molecule has 0 aliphatic rings. The molecule has 21 heavy (non-hydrogen) atoms. The van der Waals surface area contributed by atoms with Crippen LogP contribution in [0.3, 0.4) is 0 Å². The maximum Gasteiger partial charge on any atom is 0.152 e. The molecule has 0 aromatic heterocycles. The van der Waals surface area contributed by atoms with Gasteiger partial charge in [0.2, 0.25) is 0 Å². The SMILES string of the molecule is CCCCCCC(CCCCC)C(=O)C(N)CCCCN. The van der Waals surface area contributed by atoms with E-state index in [1.54, 1.807) is 0 Å². The summed E-state index contributed by atoms with van der Waals surface area (Å²) in [6, 6.07) is -0.269. The van der Waals surface area contributed by atoms with Crippen molar-refractivity contribution < 1.29 is 4.79 Å². The molecule has 2 atom stereocenters.